The molecule has 3 unspecified atom stereocenters. The van der Waals surface area contributed by atoms with Crippen LogP contribution in [0.15, 0.2) is 30.3 Å². The van der Waals surface area contributed by atoms with Gasteiger partial charge in [-0.1, -0.05) is 30.3 Å². The van der Waals surface area contributed by atoms with Gasteiger partial charge >= 0.3 is 6.09 Å². The van der Waals surface area contributed by atoms with Gasteiger partial charge in [-0.3, -0.25) is 0 Å². The maximum Gasteiger partial charge on any atom is 0.407 e. The van der Waals surface area contributed by atoms with E-state index in [4.69, 9.17) is 14.2 Å². The summed E-state index contributed by atoms with van der Waals surface area (Å²) in [4.78, 5) is 11.9. The van der Waals surface area contributed by atoms with E-state index < -0.39 is 24.0 Å². The summed E-state index contributed by atoms with van der Waals surface area (Å²) < 4.78 is 16.5. The maximum absolute atomic E-state index is 11.9. The zero-order valence-corrected chi connectivity index (χ0v) is 13.1. The van der Waals surface area contributed by atoms with Crippen molar-refractivity contribution in [2.45, 2.75) is 51.4 Å². The summed E-state index contributed by atoms with van der Waals surface area (Å²) in [6, 6.07) is 8.80. The zero-order valence-electron chi connectivity index (χ0n) is 13.1. The van der Waals surface area contributed by atoms with Crippen molar-refractivity contribution in [1.82, 2.24) is 5.32 Å². The van der Waals surface area contributed by atoms with Crippen molar-refractivity contribution in [3.63, 3.8) is 0 Å². The van der Waals surface area contributed by atoms with E-state index in [1.54, 1.807) is 13.8 Å². The fourth-order valence-corrected chi connectivity index (χ4v) is 2.52. The van der Waals surface area contributed by atoms with Gasteiger partial charge in [-0.05, 0) is 26.3 Å². The molecule has 0 bridgehead atoms. The number of aliphatic hydroxyl groups excluding tert-OH is 1. The lowest BCUT2D eigenvalue weighted by Gasteiger charge is -2.24. The molecule has 22 heavy (non-hydrogen) atoms. The van der Waals surface area contributed by atoms with Crippen LogP contribution in [0.25, 0.3) is 0 Å². The Bertz CT molecular complexity index is 491. The molecular formula is C16H23NO5. The van der Waals surface area contributed by atoms with Crippen molar-refractivity contribution in [2.24, 2.45) is 0 Å². The number of benzene rings is 1. The number of aliphatic hydroxyl groups is 1. The predicted molar refractivity (Wildman–Crippen MR) is 80.1 cm³/mol. The van der Waals surface area contributed by atoms with Crippen LogP contribution < -0.4 is 5.32 Å². The molecule has 1 fully saturated rings. The Balaban J connectivity index is 1.86. The first-order valence-electron chi connectivity index (χ1n) is 7.35. The minimum absolute atomic E-state index is 0.174. The molecule has 122 valence electrons. The summed E-state index contributed by atoms with van der Waals surface area (Å²) in [7, 11) is 0. The number of carbonyl (C=O) groups excluding carboxylic acids is 1. The first kappa shape index (κ1) is 16.7. The summed E-state index contributed by atoms with van der Waals surface area (Å²) >= 11 is 0. The van der Waals surface area contributed by atoms with Crippen molar-refractivity contribution in [2.75, 3.05) is 6.61 Å². The summed E-state index contributed by atoms with van der Waals surface area (Å²) in [5.74, 6) is -0.729. The van der Waals surface area contributed by atoms with Gasteiger partial charge in [0, 0.05) is 0 Å². The predicted octanol–water partition coefficient (Wildman–Crippen LogP) is 1.81. The van der Waals surface area contributed by atoms with Crippen LogP contribution in [-0.2, 0) is 20.8 Å². The van der Waals surface area contributed by atoms with E-state index >= 15 is 0 Å². The number of alkyl carbamates (subject to hydrolysis) is 1. The van der Waals surface area contributed by atoms with Crippen LogP contribution in [0.3, 0.4) is 0 Å². The van der Waals surface area contributed by atoms with Crippen molar-refractivity contribution < 1.29 is 24.1 Å². The van der Waals surface area contributed by atoms with E-state index in [0.29, 0.717) is 0 Å². The molecule has 3 atom stereocenters. The molecule has 1 saturated heterocycles. The summed E-state index contributed by atoms with van der Waals surface area (Å²) in [5.41, 5.74) is 0.896. The Morgan fingerprint density at radius 2 is 2.05 bits per heavy atom. The molecule has 1 heterocycles. The van der Waals surface area contributed by atoms with Crippen LogP contribution >= 0.6 is 0 Å². The van der Waals surface area contributed by atoms with Crippen molar-refractivity contribution >= 4 is 6.09 Å². The zero-order chi connectivity index (χ0) is 16.2. The summed E-state index contributed by atoms with van der Waals surface area (Å²) in [6.07, 6.45) is -1.26. The van der Waals surface area contributed by atoms with Gasteiger partial charge in [0.15, 0.2) is 5.79 Å². The van der Waals surface area contributed by atoms with Gasteiger partial charge in [-0.2, -0.15) is 0 Å². The minimum atomic E-state index is -0.729. The third-order valence-corrected chi connectivity index (χ3v) is 3.46. The number of carbonyl (C=O) groups is 1. The van der Waals surface area contributed by atoms with Gasteiger partial charge < -0.3 is 24.6 Å². The van der Waals surface area contributed by atoms with Gasteiger partial charge in [0.05, 0.1) is 18.8 Å². The van der Waals surface area contributed by atoms with Crippen LogP contribution in [0.5, 0.6) is 0 Å². The van der Waals surface area contributed by atoms with E-state index in [0.717, 1.165) is 5.56 Å². The highest BCUT2D eigenvalue weighted by atomic mass is 16.8. The normalized spacial score (nSPS) is 24.7. The molecule has 0 radical (unpaired) electrons. The third-order valence-electron chi connectivity index (χ3n) is 3.46. The molecular weight excluding hydrogens is 286 g/mol. The Morgan fingerprint density at radius 3 is 2.59 bits per heavy atom. The molecule has 1 aromatic carbocycles. The molecule has 1 aromatic rings. The van der Waals surface area contributed by atoms with Crippen molar-refractivity contribution in [3.8, 4) is 0 Å². The van der Waals surface area contributed by atoms with E-state index in [2.05, 4.69) is 5.32 Å². The van der Waals surface area contributed by atoms with Crippen LogP contribution in [0.1, 0.15) is 26.3 Å². The molecule has 2 rings (SSSR count). The Labute approximate surface area is 130 Å². The van der Waals surface area contributed by atoms with Gasteiger partial charge in [0.25, 0.3) is 0 Å². The quantitative estimate of drug-likeness (QED) is 0.867. The Hall–Kier alpha value is -1.63. The van der Waals surface area contributed by atoms with E-state index in [9.17, 15) is 9.90 Å². The number of rotatable bonds is 5. The third kappa shape index (κ3) is 4.43. The van der Waals surface area contributed by atoms with Crippen LogP contribution in [0.4, 0.5) is 4.79 Å². The second-order valence-electron chi connectivity index (χ2n) is 5.80. The second kappa shape index (κ2) is 7.09. The minimum Gasteiger partial charge on any atom is -0.445 e. The molecule has 2 N–H and O–H groups in total. The van der Waals surface area contributed by atoms with Crippen molar-refractivity contribution in [1.29, 1.82) is 0 Å². The lowest BCUT2D eigenvalue weighted by molar-refractivity contribution is -0.148. The number of hydrogen-bond acceptors (Lipinski definition) is 5. The number of hydrogen-bond donors (Lipinski definition) is 2. The van der Waals surface area contributed by atoms with Gasteiger partial charge in [-0.15, -0.1) is 0 Å². The molecule has 6 heteroatoms. The Morgan fingerprint density at radius 1 is 1.36 bits per heavy atom. The van der Waals surface area contributed by atoms with E-state index in [-0.39, 0.29) is 19.3 Å². The topological polar surface area (TPSA) is 77.0 Å². The summed E-state index contributed by atoms with van der Waals surface area (Å²) in [5, 5.41) is 12.1. The molecule has 1 aliphatic rings. The summed E-state index contributed by atoms with van der Waals surface area (Å²) in [6.45, 7) is 5.36. The standard InChI is InChI=1S/C16H23NO5/c1-11-14(22-16(2,3)21-11)13(9-18)17-15(19)20-10-12-7-5-4-6-8-12/h4-8,11,13-14,18H,9-10H2,1-3H3,(H,17,19). The fraction of sp³-hybridized carbons (Fsp3) is 0.562. The Kier molecular flexibility index (Phi) is 5.39. The van der Waals surface area contributed by atoms with Crippen molar-refractivity contribution in [3.05, 3.63) is 35.9 Å². The maximum atomic E-state index is 11.9. The highest BCUT2D eigenvalue weighted by Crippen LogP contribution is 2.29. The lowest BCUT2D eigenvalue weighted by Crippen LogP contribution is -2.49. The first-order chi connectivity index (χ1) is 10.4. The van der Waals surface area contributed by atoms with Gasteiger partial charge in [0.2, 0.25) is 0 Å². The molecule has 1 aliphatic heterocycles. The van der Waals surface area contributed by atoms with E-state index in [1.807, 2.05) is 37.3 Å². The van der Waals surface area contributed by atoms with Crippen LogP contribution in [0.2, 0.25) is 0 Å². The largest absolute Gasteiger partial charge is 0.445 e. The molecule has 0 aliphatic carbocycles. The average molecular weight is 309 g/mol. The molecule has 0 saturated carbocycles. The number of amides is 1. The van der Waals surface area contributed by atoms with E-state index in [1.165, 1.54) is 0 Å². The van der Waals surface area contributed by atoms with Gasteiger partial charge in [0.1, 0.15) is 12.7 Å². The second-order valence-corrected chi connectivity index (χ2v) is 5.80. The first-order valence-corrected chi connectivity index (χ1v) is 7.35. The fourth-order valence-electron chi connectivity index (χ4n) is 2.52. The highest BCUT2D eigenvalue weighted by Gasteiger charge is 2.43. The highest BCUT2D eigenvalue weighted by molar-refractivity contribution is 5.67. The lowest BCUT2D eigenvalue weighted by atomic mass is 10.1. The molecule has 0 aromatic heterocycles. The van der Waals surface area contributed by atoms with Crippen LogP contribution in [-0.4, -0.2) is 41.8 Å². The van der Waals surface area contributed by atoms with Crippen LogP contribution in [0, 0.1) is 0 Å². The molecule has 1 amide bonds. The van der Waals surface area contributed by atoms with Gasteiger partial charge in [-0.25, -0.2) is 4.79 Å². The molecule has 6 nitrogen and oxygen atoms in total. The monoisotopic (exact) mass is 309 g/mol. The molecule has 0 spiro atoms. The number of nitrogens with one attached hydrogen (secondary N) is 1. The smallest absolute Gasteiger partial charge is 0.407 e. The average Bonchev–Trinajstić information content (AvgIpc) is 2.76. The number of ether oxygens (including phenoxy) is 3. The SMILES string of the molecule is CC1OC(C)(C)OC1C(CO)NC(=O)OCc1ccccc1.